The lowest BCUT2D eigenvalue weighted by Gasteiger charge is -2.16. The summed E-state index contributed by atoms with van der Waals surface area (Å²) in [6.45, 7) is 15.6. The number of unbranched alkanes of at least 4 members (excludes halogenated alkanes) is 7. The minimum absolute atomic E-state index is 0.0900. The van der Waals surface area contributed by atoms with Crippen LogP contribution in [0.5, 0.6) is 0 Å². The molecule has 0 heterocycles. The van der Waals surface area contributed by atoms with Gasteiger partial charge in [-0.2, -0.15) is 0 Å². The van der Waals surface area contributed by atoms with Crippen molar-refractivity contribution in [2.24, 2.45) is 17.8 Å². The van der Waals surface area contributed by atoms with E-state index in [0.29, 0.717) is 11.1 Å². The molecule has 2 aromatic carbocycles. The molecule has 0 amide bonds. The summed E-state index contributed by atoms with van der Waals surface area (Å²) in [6.07, 6.45) is 14.1. The monoisotopic (exact) mass is 722 g/mol. The molecule has 0 saturated carbocycles. The standard InChI is InChI=1S/C44H66O8/c1-8-12-16-17-18-26-49-43(47)39-27-35(22-24-37(39)41(45)50-29-32(5)19-13-9-2)36-23-25-38(42(46)51-30-33(6)20-14-10-3)40(28-36)44(48)52-31-34(7)21-15-11-4/h22-25,27-28,32-34H,8-21,26,29-31H2,1-7H3. The highest BCUT2D eigenvalue weighted by Crippen LogP contribution is 2.28. The number of carbonyl (C=O) groups excluding carboxylic acids is 4. The molecule has 0 aliphatic carbocycles. The summed E-state index contributed by atoms with van der Waals surface area (Å²) in [6, 6.07) is 9.76. The van der Waals surface area contributed by atoms with Gasteiger partial charge in [0, 0.05) is 0 Å². The third-order valence-corrected chi connectivity index (χ3v) is 9.38. The fourth-order valence-corrected chi connectivity index (χ4v) is 5.88. The molecule has 3 unspecified atom stereocenters. The van der Waals surface area contributed by atoms with E-state index in [4.69, 9.17) is 18.9 Å². The van der Waals surface area contributed by atoms with Gasteiger partial charge in [-0.3, -0.25) is 0 Å². The Hall–Kier alpha value is -3.68. The zero-order valence-corrected chi connectivity index (χ0v) is 33.2. The van der Waals surface area contributed by atoms with E-state index in [1.165, 1.54) is 0 Å². The molecule has 0 aliphatic rings. The zero-order chi connectivity index (χ0) is 38.3. The van der Waals surface area contributed by atoms with Crippen molar-refractivity contribution >= 4 is 23.9 Å². The fourth-order valence-electron chi connectivity index (χ4n) is 5.88. The molecule has 0 bridgehead atoms. The van der Waals surface area contributed by atoms with Gasteiger partial charge in [0.1, 0.15) is 0 Å². The average molecular weight is 723 g/mol. The Bertz CT molecular complexity index is 1380. The number of rotatable bonds is 26. The Morgan fingerprint density at radius 3 is 1.17 bits per heavy atom. The largest absolute Gasteiger partial charge is 0.462 e. The number of esters is 4. The molecule has 0 spiro atoms. The van der Waals surface area contributed by atoms with Crippen LogP contribution in [0, 0.1) is 17.8 Å². The lowest BCUT2D eigenvalue weighted by Crippen LogP contribution is -2.19. The third kappa shape index (κ3) is 15.9. The van der Waals surface area contributed by atoms with Crippen LogP contribution in [0.4, 0.5) is 0 Å². The quantitative estimate of drug-likeness (QED) is 0.0537. The van der Waals surface area contributed by atoms with E-state index in [1.807, 2.05) is 20.8 Å². The van der Waals surface area contributed by atoms with Crippen LogP contribution in [0.15, 0.2) is 36.4 Å². The van der Waals surface area contributed by atoms with Crippen molar-refractivity contribution < 1.29 is 38.1 Å². The van der Waals surface area contributed by atoms with Crippen molar-refractivity contribution in [1.82, 2.24) is 0 Å². The van der Waals surface area contributed by atoms with E-state index in [2.05, 4.69) is 27.7 Å². The van der Waals surface area contributed by atoms with Gasteiger partial charge in [0.05, 0.1) is 48.7 Å². The van der Waals surface area contributed by atoms with E-state index in [-0.39, 0.29) is 66.4 Å². The number of hydrogen-bond acceptors (Lipinski definition) is 8. The normalized spacial score (nSPS) is 12.8. The van der Waals surface area contributed by atoms with Crippen LogP contribution in [-0.4, -0.2) is 50.3 Å². The van der Waals surface area contributed by atoms with E-state index < -0.39 is 23.9 Å². The highest BCUT2D eigenvalue weighted by molar-refractivity contribution is 6.06. The van der Waals surface area contributed by atoms with E-state index in [0.717, 1.165) is 89.9 Å². The van der Waals surface area contributed by atoms with Gasteiger partial charge in [0.25, 0.3) is 0 Å². The van der Waals surface area contributed by atoms with E-state index in [1.54, 1.807) is 36.4 Å². The van der Waals surface area contributed by atoms with Gasteiger partial charge in [-0.1, -0.05) is 125 Å². The van der Waals surface area contributed by atoms with Crippen LogP contribution >= 0.6 is 0 Å². The second-order valence-electron chi connectivity index (χ2n) is 14.6. The van der Waals surface area contributed by atoms with E-state index in [9.17, 15) is 19.2 Å². The van der Waals surface area contributed by atoms with Crippen molar-refractivity contribution in [1.29, 1.82) is 0 Å². The van der Waals surface area contributed by atoms with Gasteiger partial charge in [-0.25, -0.2) is 19.2 Å². The number of carbonyl (C=O) groups is 4. The van der Waals surface area contributed by atoms with Crippen LogP contribution < -0.4 is 0 Å². The second-order valence-corrected chi connectivity index (χ2v) is 14.6. The summed E-state index contributed by atoms with van der Waals surface area (Å²) < 4.78 is 22.7. The van der Waals surface area contributed by atoms with Crippen LogP contribution in [0.25, 0.3) is 11.1 Å². The number of benzene rings is 2. The molecule has 0 fully saturated rings. The summed E-state index contributed by atoms with van der Waals surface area (Å²) in [4.78, 5) is 53.7. The molecule has 2 aromatic rings. The molecule has 8 heteroatoms. The lowest BCUT2D eigenvalue weighted by molar-refractivity contribution is 0.0396. The maximum atomic E-state index is 13.6. The molecule has 8 nitrogen and oxygen atoms in total. The smallest absolute Gasteiger partial charge is 0.339 e. The molecule has 0 N–H and O–H groups in total. The van der Waals surface area contributed by atoms with Crippen molar-refractivity contribution in [2.75, 3.05) is 26.4 Å². The predicted molar refractivity (Wildman–Crippen MR) is 208 cm³/mol. The molecule has 290 valence electrons. The maximum absolute atomic E-state index is 13.6. The Balaban J connectivity index is 2.46. The third-order valence-electron chi connectivity index (χ3n) is 9.38. The van der Waals surface area contributed by atoms with Gasteiger partial charge >= 0.3 is 23.9 Å². The van der Waals surface area contributed by atoms with Crippen LogP contribution in [0.1, 0.15) is 180 Å². The molecular weight excluding hydrogens is 656 g/mol. The molecule has 0 aromatic heterocycles. The molecule has 3 atom stereocenters. The number of hydrogen-bond donors (Lipinski definition) is 0. The average Bonchev–Trinajstić information content (AvgIpc) is 3.16. The molecule has 0 aliphatic heterocycles. The van der Waals surface area contributed by atoms with Crippen molar-refractivity contribution in [3.63, 3.8) is 0 Å². The summed E-state index contributed by atoms with van der Waals surface area (Å²) in [7, 11) is 0. The van der Waals surface area contributed by atoms with Gasteiger partial charge in [-0.05, 0) is 78.8 Å². The van der Waals surface area contributed by atoms with Gasteiger partial charge < -0.3 is 18.9 Å². The van der Waals surface area contributed by atoms with Gasteiger partial charge in [-0.15, -0.1) is 0 Å². The summed E-state index contributed by atoms with van der Waals surface area (Å²) >= 11 is 0. The minimum Gasteiger partial charge on any atom is -0.462 e. The Morgan fingerprint density at radius 1 is 0.442 bits per heavy atom. The lowest BCUT2D eigenvalue weighted by atomic mass is 9.95. The van der Waals surface area contributed by atoms with Gasteiger partial charge in [0.15, 0.2) is 0 Å². The van der Waals surface area contributed by atoms with Crippen LogP contribution in [-0.2, 0) is 18.9 Å². The van der Waals surface area contributed by atoms with Gasteiger partial charge in [0.2, 0.25) is 0 Å². The van der Waals surface area contributed by atoms with E-state index >= 15 is 0 Å². The molecule has 0 saturated heterocycles. The fraction of sp³-hybridized carbons (Fsp3) is 0.636. The highest BCUT2D eigenvalue weighted by atomic mass is 16.5. The summed E-state index contributed by atoms with van der Waals surface area (Å²) in [5.41, 5.74) is 1.57. The first-order valence-corrected chi connectivity index (χ1v) is 20.0. The minimum atomic E-state index is -0.615. The SMILES string of the molecule is CCCCCCCOC(=O)c1cc(-c2ccc(C(=O)OCC(C)CCCC)c(C(=O)OCC(C)CCCC)c2)ccc1C(=O)OCC(C)CCCC. The number of ether oxygens (including phenoxy) is 4. The van der Waals surface area contributed by atoms with Crippen molar-refractivity contribution in [2.45, 2.75) is 138 Å². The first-order chi connectivity index (χ1) is 25.1. The second kappa shape index (κ2) is 25.3. The molecule has 2 rings (SSSR count). The van der Waals surface area contributed by atoms with Crippen LogP contribution in [0.2, 0.25) is 0 Å². The Labute approximate surface area is 313 Å². The molecule has 0 radical (unpaired) electrons. The topological polar surface area (TPSA) is 105 Å². The predicted octanol–water partition coefficient (Wildman–Crippen LogP) is 11.4. The summed E-state index contributed by atoms with van der Waals surface area (Å²) in [5, 5.41) is 0. The highest BCUT2D eigenvalue weighted by Gasteiger charge is 2.25. The Morgan fingerprint density at radius 2 is 0.788 bits per heavy atom. The van der Waals surface area contributed by atoms with Crippen molar-refractivity contribution in [3.8, 4) is 11.1 Å². The van der Waals surface area contributed by atoms with Crippen molar-refractivity contribution in [3.05, 3.63) is 58.7 Å². The first-order valence-electron chi connectivity index (χ1n) is 20.0. The zero-order valence-electron chi connectivity index (χ0n) is 33.2. The summed E-state index contributed by atoms with van der Waals surface area (Å²) in [5.74, 6) is -1.84. The first kappa shape index (κ1) is 44.5. The molecule has 52 heavy (non-hydrogen) atoms. The maximum Gasteiger partial charge on any atom is 0.339 e. The molecular formula is C44H66O8. The Kier molecular flexibility index (Phi) is 21.7. The van der Waals surface area contributed by atoms with Crippen LogP contribution in [0.3, 0.4) is 0 Å².